The molecular formula is C17H15F3N4O. The summed E-state index contributed by atoms with van der Waals surface area (Å²) in [7, 11) is 0. The van der Waals surface area contributed by atoms with Crippen LogP contribution >= 0.6 is 0 Å². The molecule has 0 spiro atoms. The highest BCUT2D eigenvalue weighted by molar-refractivity contribution is 5.90. The number of pyridine rings is 1. The molecule has 0 saturated carbocycles. The van der Waals surface area contributed by atoms with E-state index in [4.69, 9.17) is 0 Å². The number of amides is 1. The third-order valence-corrected chi connectivity index (χ3v) is 3.66. The first-order valence-corrected chi connectivity index (χ1v) is 7.69. The van der Waals surface area contributed by atoms with Crippen LogP contribution in [0.2, 0.25) is 0 Å². The number of carbonyl (C=O) groups is 1. The van der Waals surface area contributed by atoms with Gasteiger partial charge in [-0.1, -0.05) is 12.1 Å². The van der Waals surface area contributed by atoms with Crippen molar-refractivity contribution >= 4 is 17.2 Å². The fraction of sp³-hybridized carbons (Fsp3) is 0.235. The molecule has 0 aliphatic carbocycles. The molecule has 8 heteroatoms. The van der Waals surface area contributed by atoms with Gasteiger partial charge in [-0.2, -0.15) is 13.2 Å². The molecule has 0 aliphatic heterocycles. The van der Waals surface area contributed by atoms with Gasteiger partial charge in [-0.25, -0.2) is 0 Å². The smallest absolute Gasteiger partial charge is 0.326 e. The maximum absolute atomic E-state index is 12.7. The van der Waals surface area contributed by atoms with Crippen LogP contribution in [0, 0.1) is 0 Å². The number of fused-ring (bicyclic) bond motifs is 1. The van der Waals surface area contributed by atoms with E-state index in [1.165, 1.54) is 12.1 Å². The monoisotopic (exact) mass is 348 g/mol. The van der Waals surface area contributed by atoms with Crippen LogP contribution in [-0.2, 0) is 17.4 Å². The summed E-state index contributed by atoms with van der Waals surface area (Å²) in [4.78, 5) is 11.9. The lowest BCUT2D eigenvalue weighted by Gasteiger charge is -2.09. The first-order valence-electron chi connectivity index (χ1n) is 7.69. The Hall–Kier alpha value is -2.90. The van der Waals surface area contributed by atoms with Gasteiger partial charge in [0.15, 0.2) is 5.65 Å². The quantitative estimate of drug-likeness (QED) is 0.765. The van der Waals surface area contributed by atoms with E-state index in [1.54, 1.807) is 0 Å². The summed E-state index contributed by atoms with van der Waals surface area (Å²) in [6.07, 6.45) is -1.36. The van der Waals surface area contributed by atoms with Crippen LogP contribution in [0.15, 0.2) is 48.7 Å². The van der Waals surface area contributed by atoms with Crippen LogP contribution in [0.4, 0.5) is 18.9 Å². The largest absolute Gasteiger partial charge is 0.416 e. The molecule has 3 aromatic rings. The van der Waals surface area contributed by atoms with E-state index >= 15 is 0 Å². The molecule has 1 N–H and O–H groups in total. The van der Waals surface area contributed by atoms with E-state index in [2.05, 4.69) is 15.5 Å². The van der Waals surface area contributed by atoms with Crippen molar-refractivity contribution in [1.82, 2.24) is 14.6 Å². The van der Waals surface area contributed by atoms with E-state index in [0.717, 1.165) is 23.6 Å². The molecule has 3 rings (SSSR count). The van der Waals surface area contributed by atoms with Crippen LogP contribution < -0.4 is 5.32 Å². The van der Waals surface area contributed by atoms with E-state index < -0.39 is 11.7 Å². The average Bonchev–Trinajstić information content (AvgIpc) is 2.98. The summed E-state index contributed by atoms with van der Waals surface area (Å²) in [5.74, 6) is 0.399. The lowest BCUT2D eigenvalue weighted by molar-refractivity contribution is -0.137. The summed E-state index contributed by atoms with van der Waals surface area (Å²) < 4.78 is 39.8. The maximum atomic E-state index is 12.7. The van der Waals surface area contributed by atoms with Crippen molar-refractivity contribution in [2.45, 2.75) is 25.4 Å². The van der Waals surface area contributed by atoms with Crippen molar-refractivity contribution < 1.29 is 18.0 Å². The van der Waals surface area contributed by atoms with Crippen LogP contribution in [0.5, 0.6) is 0 Å². The molecule has 5 nitrogen and oxygen atoms in total. The molecule has 0 aliphatic rings. The minimum absolute atomic E-state index is 0.132. The summed E-state index contributed by atoms with van der Waals surface area (Å²) >= 11 is 0. The van der Waals surface area contributed by atoms with E-state index in [9.17, 15) is 18.0 Å². The average molecular weight is 348 g/mol. The van der Waals surface area contributed by atoms with E-state index in [-0.39, 0.29) is 18.0 Å². The number of aryl methyl sites for hydroxylation is 1. The van der Waals surface area contributed by atoms with E-state index in [1.807, 2.05) is 28.8 Å². The van der Waals surface area contributed by atoms with Crippen LogP contribution in [-0.4, -0.2) is 20.5 Å². The van der Waals surface area contributed by atoms with Crippen LogP contribution in [0.1, 0.15) is 24.2 Å². The zero-order valence-electron chi connectivity index (χ0n) is 13.1. The van der Waals surface area contributed by atoms with E-state index in [0.29, 0.717) is 12.8 Å². The van der Waals surface area contributed by atoms with Crippen molar-refractivity contribution in [3.63, 3.8) is 0 Å². The molecular weight excluding hydrogens is 333 g/mol. The molecule has 1 aromatic carbocycles. The zero-order valence-corrected chi connectivity index (χ0v) is 13.1. The molecule has 130 valence electrons. The molecule has 0 atom stereocenters. The van der Waals surface area contributed by atoms with Gasteiger partial charge in [-0.05, 0) is 36.8 Å². The first kappa shape index (κ1) is 16.9. The summed E-state index contributed by atoms with van der Waals surface area (Å²) in [5, 5.41) is 10.6. The second-order valence-corrected chi connectivity index (χ2v) is 5.53. The van der Waals surface area contributed by atoms with Crippen molar-refractivity contribution in [1.29, 1.82) is 0 Å². The summed E-state index contributed by atoms with van der Waals surface area (Å²) in [5.41, 5.74) is 0.0684. The number of nitrogens with one attached hydrogen (secondary N) is 1. The molecule has 1 amide bonds. The highest BCUT2D eigenvalue weighted by Crippen LogP contribution is 2.30. The Morgan fingerprint density at radius 1 is 1.12 bits per heavy atom. The van der Waals surface area contributed by atoms with Crippen molar-refractivity contribution in [2.24, 2.45) is 0 Å². The zero-order chi connectivity index (χ0) is 17.9. The second kappa shape index (κ2) is 6.92. The maximum Gasteiger partial charge on any atom is 0.416 e. The molecule has 0 fully saturated rings. The minimum Gasteiger partial charge on any atom is -0.326 e. The number of rotatable bonds is 5. The Morgan fingerprint density at radius 2 is 1.96 bits per heavy atom. The number of halogens is 3. The number of hydrogen-bond donors (Lipinski definition) is 1. The Morgan fingerprint density at radius 3 is 2.76 bits per heavy atom. The molecule has 25 heavy (non-hydrogen) atoms. The minimum atomic E-state index is -4.44. The van der Waals surface area contributed by atoms with Gasteiger partial charge in [0.05, 0.1) is 5.56 Å². The fourth-order valence-corrected chi connectivity index (χ4v) is 2.47. The lowest BCUT2D eigenvalue weighted by atomic mass is 10.2. The summed E-state index contributed by atoms with van der Waals surface area (Å²) in [6.45, 7) is 0. The van der Waals surface area contributed by atoms with Gasteiger partial charge in [0, 0.05) is 24.7 Å². The molecule has 0 unspecified atom stereocenters. The normalized spacial score (nSPS) is 11.6. The van der Waals surface area contributed by atoms with Gasteiger partial charge < -0.3 is 5.32 Å². The lowest BCUT2D eigenvalue weighted by Crippen LogP contribution is -2.13. The topological polar surface area (TPSA) is 59.3 Å². The summed E-state index contributed by atoms with van der Waals surface area (Å²) in [6, 6.07) is 10.1. The number of carbonyl (C=O) groups excluding carboxylic acids is 1. The predicted molar refractivity (Wildman–Crippen MR) is 86.0 cm³/mol. The molecule has 0 saturated heterocycles. The number of aromatic nitrogens is 3. The van der Waals surface area contributed by atoms with Gasteiger partial charge in [0.25, 0.3) is 0 Å². The Balaban J connectivity index is 1.55. The SMILES string of the molecule is O=C(CCCc1nnc2ccccn12)Nc1cccc(C(F)(F)F)c1. The van der Waals surface area contributed by atoms with Crippen LogP contribution in [0.25, 0.3) is 5.65 Å². The Labute approximate surface area is 141 Å². The van der Waals surface area contributed by atoms with Gasteiger partial charge in [-0.3, -0.25) is 9.20 Å². The van der Waals surface area contributed by atoms with Gasteiger partial charge in [-0.15, -0.1) is 10.2 Å². The van der Waals surface area contributed by atoms with Crippen molar-refractivity contribution in [2.75, 3.05) is 5.32 Å². The van der Waals surface area contributed by atoms with Gasteiger partial charge in [0.2, 0.25) is 5.91 Å². The molecule has 2 heterocycles. The molecule has 0 radical (unpaired) electrons. The van der Waals surface area contributed by atoms with Crippen molar-refractivity contribution in [3.8, 4) is 0 Å². The Bertz CT molecular complexity index is 889. The fourth-order valence-electron chi connectivity index (χ4n) is 2.47. The number of nitrogens with zero attached hydrogens (tertiary/aromatic N) is 3. The number of alkyl halides is 3. The van der Waals surface area contributed by atoms with Gasteiger partial charge >= 0.3 is 6.18 Å². The third kappa shape index (κ3) is 4.14. The third-order valence-electron chi connectivity index (χ3n) is 3.66. The number of hydrogen-bond acceptors (Lipinski definition) is 3. The predicted octanol–water partition coefficient (Wildman–Crippen LogP) is 3.71. The standard InChI is InChI=1S/C17H15F3N4O/c18-17(19,20)12-5-3-6-13(11-12)21-16(25)9-4-8-15-23-22-14-7-1-2-10-24(14)15/h1-3,5-7,10-11H,4,8-9H2,(H,21,25). The second-order valence-electron chi connectivity index (χ2n) is 5.53. The number of benzene rings is 1. The number of anilines is 1. The van der Waals surface area contributed by atoms with Crippen molar-refractivity contribution in [3.05, 3.63) is 60.0 Å². The van der Waals surface area contributed by atoms with Crippen LogP contribution in [0.3, 0.4) is 0 Å². The molecule has 2 aromatic heterocycles. The van der Waals surface area contributed by atoms with Gasteiger partial charge in [0.1, 0.15) is 5.82 Å². The molecule has 0 bridgehead atoms. The highest BCUT2D eigenvalue weighted by Gasteiger charge is 2.30. The highest BCUT2D eigenvalue weighted by atomic mass is 19.4. The first-order chi connectivity index (χ1) is 11.9. The Kier molecular flexibility index (Phi) is 4.69.